The topological polar surface area (TPSA) is 101 Å². The number of H-pyrrole nitrogens is 1. The molecule has 0 radical (unpaired) electrons. The number of anilines is 3. The Kier molecular flexibility index (Phi) is 4.17. The van der Waals surface area contributed by atoms with Crippen molar-refractivity contribution in [1.29, 1.82) is 0 Å². The molecule has 5 rings (SSSR count). The highest BCUT2D eigenvalue weighted by Gasteiger charge is 2.37. The minimum absolute atomic E-state index is 0.198. The summed E-state index contributed by atoms with van der Waals surface area (Å²) in [6.45, 7) is 5.74. The van der Waals surface area contributed by atoms with E-state index in [2.05, 4.69) is 37.3 Å². The first-order valence-electron chi connectivity index (χ1n) is 9.14. The molecule has 9 nitrogen and oxygen atoms in total. The molecular formula is C18H21N7O2S. The second-order valence-corrected chi connectivity index (χ2v) is 8.53. The molecule has 2 aliphatic heterocycles. The van der Waals surface area contributed by atoms with Crippen LogP contribution in [0.4, 0.5) is 16.9 Å². The van der Waals surface area contributed by atoms with Gasteiger partial charge in [-0.3, -0.25) is 10.4 Å². The van der Waals surface area contributed by atoms with Crippen LogP contribution in [-0.4, -0.2) is 58.6 Å². The number of nitrogens with zero attached hydrogens (tertiary/aromatic N) is 5. The minimum Gasteiger partial charge on any atom is -0.481 e. The van der Waals surface area contributed by atoms with Gasteiger partial charge in [-0.05, 0) is 0 Å². The van der Waals surface area contributed by atoms with E-state index in [1.165, 1.54) is 4.88 Å². The number of hydrogen-bond donors (Lipinski definition) is 2. The number of aromatic amines is 1. The van der Waals surface area contributed by atoms with E-state index in [4.69, 9.17) is 14.5 Å². The van der Waals surface area contributed by atoms with Crippen LogP contribution >= 0.6 is 11.3 Å². The molecule has 28 heavy (non-hydrogen) atoms. The van der Waals surface area contributed by atoms with Crippen LogP contribution in [0, 0.1) is 5.41 Å². The van der Waals surface area contributed by atoms with Gasteiger partial charge in [-0.25, -0.2) is 9.97 Å². The molecule has 0 amide bonds. The number of nitrogens with one attached hydrogen (secondary N) is 2. The minimum atomic E-state index is 0.198. The molecule has 0 aromatic carbocycles. The first-order chi connectivity index (χ1) is 13.6. The summed E-state index contributed by atoms with van der Waals surface area (Å²) in [5, 5.41) is 11.4. The van der Waals surface area contributed by atoms with Crippen molar-refractivity contribution in [3.05, 3.63) is 23.3 Å². The van der Waals surface area contributed by atoms with Crippen molar-refractivity contribution in [2.75, 3.05) is 43.6 Å². The molecule has 3 aromatic heterocycles. The smallest absolute Gasteiger partial charge is 0.232 e. The Morgan fingerprint density at radius 1 is 1.39 bits per heavy atom. The predicted molar refractivity (Wildman–Crippen MR) is 106 cm³/mol. The monoisotopic (exact) mass is 399 g/mol. The molecule has 3 aromatic rings. The number of hydrogen-bond acceptors (Lipinski definition) is 9. The lowest BCUT2D eigenvalue weighted by atomic mass is 9.88. The molecule has 10 heteroatoms. The molecule has 0 aliphatic carbocycles. The van der Waals surface area contributed by atoms with E-state index in [1.54, 1.807) is 30.7 Å². The van der Waals surface area contributed by atoms with E-state index in [0.717, 1.165) is 54.9 Å². The van der Waals surface area contributed by atoms with Crippen molar-refractivity contribution in [1.82, 2.24) is 25.1 Å². The van der Waals surface area contributed by atoms with Gasteiger partial charge < -0.3 is 14.4 Å². The van der Waals surface area contributed by atoms with Crippen molar-refractivity contribution < 1.29 is 9.47 Å². The summed E-state index contributed by atoms with van der Waals surface area (Å²) in [5.74, 6) is 2.01. The Bertz CT molecular complexity index is 997. The van der Waals surface area contributed by atoms with Crippen LogP contribution in [0.3, 0.4) is 0 Å². The van der Waals surface area contributed by atoms with Crippen LogP contribution in [0.5, 0.6) is 5.88 Å². The highest BCUT2D eigenvalue weighted by atomic mass is 32.1. The van der Waals surface area contributed by atoms with E-state index < -0.39 is 0 Å². The fourth-order valence-electron chi connectivity index (χ4n) is 3.60. The second kappa shape index (κ2) is 6.71. The number of ether oxygens (including phenoxy) is 2. The zero-order chi connectivity index (χ0) is 19.1. The van der Waals surface area contributed by atoms with Gasteiger partial charge in [0.25, 0.3) is 0 Å². The van der Waals surface area contributed by atoms with Gasteiger partial charge in [-0.1, -0.05) is 6.92 Å². The second-order valence-electron chi connectivity index (χ2n) is 7.45. The molecule has 1 fully saturated rings. The number of aromatic nitrogens is 5. The van der Waals surface area contributed by atoms with Crippen molar-refractivity contribution in [2.45, 2.75) is 13.3 Å². The van der Waals surface area contributed by atoms with E-state index in [0.29, 0.717) is 11.8 Å². The van der Waals surface area contributed by atoms with E-state index in [-0.39, 0.29) is 5.41 Å². The molecular weight excluding hydrogens is 378 g/mol. The lowest BCUT2D eigenvalue weighted by Gasteiger charge is -2.42. The van der Waals surface area contributed by atoms with Gasteiger partial charge in [-0.2, -0.15) is 10.1 Å². The van der Waals surface area contributed by atoms with Gasteiger partial charge in [0, 0.05) is 42.1 Å². The average molecular weight is 399 g/mol. The molecule has 2 aliphatic rings. The van der Waals surface area contributed by atoms with Gasteiger partial charge in [0.1, 0.15) is 5.82 Å². The van der Waals surface area contributed by atoms with E-state index in [1.807, 2.05) is 6.20 Å². The lowest BCUT2D eigenvalue weighted by Crippen LogP contribution is -2.49. The quantitative estimate of drug-likeness (QED) is 0.675. The third kappa shape index (κ3) is 3.08. The van der Waals surface area contributed by atoms with Crippen molar-refractivity contribution in [3.63, 3.8) is 0 Å². The Morgan fingerprint density at radius 2 is 2.29 bits per heavy atom. The Morgan fingerprint density at radius 3 is 3.07 bits per heavy atom. The first-order valence-corrected chi connectivity index (χ1v) is 9.95. The average Bonchev–Trinajstić information content (AvgIpc) is 3.28. The maximum atomic E-state index is 5.42. The van der Waals surface area contributed by atoms with Crippen LogP contribution < -0.4 is 15.0 Å². The maximum absolute atomic E-state index is 5.42. The summed E-state index contributed by atoms with van der Waals surface area (Å²) < 4.78 is 10.6. The van der Waals surface area contributed by atoms with Crippen LogP contribution in [0.2, 0.25) is 0 Å². The standard InChI is InChI=1S/C18H21N7O2S/c1-18(9-27-10-18)8-25-6-4-12-14(11-7-20-24-15(11)25)22-17(28-12)23-16-19-5-3-13(21-16)26-2/h3,5,7H,4,6,8-10H2,1-2H3,(H,20,24)(H,19,21,22,23). The maximum Gasteiger partial charge on any atom is 0.232 e. The van der Waals surface area contributed by atoms with Gasteiger partial charge >= 0.3 is 0 Å². The van der Waals surface area contributed by atoms with Gasteiger partial charge in [0.2, 0.25) is 11.8 Å². The summed E-state index contributed by atoms with van der Waals surface area (Å²) >= 11 is 1.63. The van der Waals surface area contributed by atoms with Gasteiger partial charge in [-0.15, -0.1) is 11.3 Å². The Balaban J connectivity index is 1.42. The fraction of sp³-hybridized carbons (Fsp3) is 0.444. The van der Waals surface area contributed by atoms with Gasteiger partial charge in [0.15, 0.2) is 5.13 Å². The predicted octanol–water partition coefficient (Wildman–Crippen LogP) is 2.47. The van der Waals surface area contributed by atoms with E-state index >= 15 is 0 Å². The molecule has 0 unspecified atom stereocenters. The van der Waals surface area contributed by atoms with Crippen LogP contribution in [-0.2, 0) is 11.2 Å². The number of rotatable bonds is 5. The highest BCUT2D eigenvalue weighted by Crippen LogP contribution is 2.40. The molecule has 0 spiro atoms. The molecule has 5 heterocycles. The molecule has 0 atom stereocenters. The lowest BCUT2D eigenvalue weighted by molar-refractivity contribution is -0.0956. The summed E-state index contributed by atoms with van der Waals surface area (Å²) in [4.78, 5) is 16.9. The normalized spacial score (nSPS) is 17.3. The van der Waals surface area contributed by atoms with E-state index in [9.17, 15) is 0 Å². The van der Waals surface area contributed by atoms with Crippen LogP contribution in [0.15, 0.2) is 18.5 Å². The fourth-order valence-corrected chi connectivity index (χ4v) is 4.56. The zero-order valence-electron chi connectivity index (χ0n) is 15.7. The molecule has 2 N–H and O–H groups in total. The van der Waals surface area contributed by atoms with Crippen LogP contribution in [0.25, 0.3) is 11.3 Å². The Labute approximate surface area is 166 Å². The summed E-state index contributed by atoms with van der Waals surface area (Å²) in [7, 11) is 1.58. The van der Waals surface area contributed by atoms with Crippen molar-refractivity contribution in [2.24, 2.45) is 5.41 Å². The summed E-state index contributed by atoms with van der Waals surface area (Å²) in [6.07, 6.45) is 4.44. The molecule has 146 valence electrons. The summed E-state index contributed by atoms with van der Waals surface area (Å²) in [6, 6.07) is 1.71. The zero-order valence-corrected chi connectivity index (χ0v) is 16.5. The highest BCUT2D eigenvalue weighted by molar-refractivity contribution is 7.16. The van der Waals surface area contributed by atoms with Gasteiger partial charge in [0.05, 0.1) is 37.8 Å². The largest absolute Gasteiger partial charge is 0.481 e. The number of fused-ring (bicyclic) bond motifs is 3. The number of thiazole rings is 1. The molecule has 0 bridgehead atoms. The summed E-state index contributed by atoms with van der Waals surface area (Å²) in [5.41, 5.74) is 2.20. The Hall–Kier alpha value is -2.72. The number of methoxy groups -OCH3 is 1. The van der Waals surface area contributed by atoms with Crippen LogP contribution in [0.1, 0.15) is 11.8 Å². The SMILES string of the molecule is COc1ccnc(Nc2nc3c(s2)CCN(CC2(C)COC2)c2[nH]ncc2-3)n1. The van der Waals surface area contributed by atoms with Crippen molar-refractivity contribution >= 4 is 28.2 Å². The molecule has 0 saturated carbocycles. The van der Waals surface area contributed by atoms with Crippen molar-refractivity contribution in [3.8, 4) is 17.1 Å². The molecule has 1 saturated heterocycles. The first kappa shape index (κ1) is 17.4. The third-order valence-corrected chi connectivity index (χ3v) is 6.06. The third-order valence-electron chi connectivity index (χ3n) is 5.03.